The molecular formula is C12H9ClN4S. The second-order valence-corrected chi connectivity index (χ2v) is 4.95. The van der Waals surface area contributed by atoms with Crippen LogP contribution in [-0.2, 0) is 6.54 Å². The fourth-order valence-electron chi connectivity index (χ4n) is 1.80. The van der Waals surface area contributed by atoms with Gasteiger partial charge in [0.1, 0.15) is 11.8 Å². The molecule has 4 nitrogen and oxygen atoms in total. The van der Waals surface area contributed by atoms with Gasteiger partial charge in [-0.15, -0.1) is 17.9 Å². The Balaban J connectivity index is 2.33. The molecule has 3 aromatic heterocycles. The zero-order chi connectivity index (χ0) is 12.5. The first-order valence-corrected chi connectivity index (χ1v) is 6.58. The lowest BCUT2D eigenvalue weighted by Gasteiger charge is -2.03. The van der Waals surface area contributed by atoms with E-state index in [-0.39, 0.29) is 0 Å². The largest absolute Gasteiger partial charge is 0.304 e. The van der Waals surface area contributed by atoms with Crippen LogP contribution in [0.1, 0.15) is 0 Å². The second-order valence-electron chi connectivity index (χ2n) is 3.65. The van der Waals surface area contributed by atoms with Crippen LogP contribution in [0.25, 0.3) is 21.9 Å². The summed E-state index contributed by atoms with van der Waals surface area (Å²) in [6, 6.07) is 4.01. The lowest BCUT2D eigenvalue weighted by Crippen LogP contribution is -1.98. The predicted molar refractivity (Wildman–Crippen MR) is 73.8 cm³/mol. The number of imidazole rings is 1. The summed E-state index contributed by atoms with van der Waals surface area (Å²) in [7, 11) is 0. The van der Waals surface area contributed by atoms with Crippen molar-refractivity contribution in [1.29, 1.82) is 0 Å². The summed E-state index contributed by atoms with van der Waals surface area (Å²) >= 11 is 7.68. The molecule has 0 bridgehead atoms. The third-order valence-electron chi connectivity index (χ3n) is 2.54. The second kappa shape index (κ2) is 4.51. The standard InChI is InChI=1S/C12H9ClN4S/c1-2-5-17-11(8-4-3-6-18-8)16-9-10(13)14-7-15-12(9)17/h2-4,6-7H,1,5H2. The van der Waals surface area contributed by atoms with Crippen molar-refractivity contribution in [2.24, 2.45) is 0 Å². The fourth-order valence-corrected chi connectivity index (χ4v) is 2.70. The van der Waals surface area contributed by atoms with Crippen LogP contribution in [0, 0.1) is 0 Å². The predicted octanol–water partition coefficient (Wildman–Crippen LogP) is 3.39. The Bertz CT molecular complexity index is 702. The van der Waals surface area contributed by atoms with Gasteiger partial charge in [0.05, 0.1) is 4.88 Å². The number of allylic oxidation sites excluding steroid dienone is 1. The summed E-state index contributed by atoms with van der Waals surface area (Å²) in [5, 5.41) is 2.39. The van der Waals surface area contributed by atoms with Crippen LogP contribution < -0.4 is 0 Å². The summed E-state index contributed by atoms with van der Waals surface area (Å²) in [6.45, 7) is 4.40. The van der Waals surface area contributed by atoms with Gasteiger partial charge in [-0.1, -0.05) is 23.7 Å². The Hall–Kier alpha value is -1.72. The van der Waals surface area contributed by atoms with Gasteiger partial charge in [0, 0.05) is 6.54 Å². The summed E-state index contributed by atoms with van der Waals surface area (Å²) in [5.74, 6) is 0.849. The number of fused-ring (bicyclic) bond motifs is 1. The van der Waals surface area contributed by atoms with Gasteiger partial charge in [-0.2, -0.15) is 0 Å². The molecule has 0 unspecified atom stereocenters. The number of rotatable bonds is 3. The van der Waals surface area contributed by atoms with Crippen molar-refractivity contribution >= 4 is 34.1 Å². The average molecular weight is 277 g/mol. The molecule has 3 rings (SSSR count). The monoisotopic (exact) mass is 276 g/mol. The van der Waals surface area contributed by atoms with Gasteiger partial charge in [-0.25, -0.2) is 15.0 Å². The molecule has 18 heavy (non-hydrogen) atoms. The van der Waals surface area contributed by atoms with Crippen LogP contribution in [0.3, 0.4) is 0 Å². The molecule has 0 spiro atoms. The molecule has 3 aromatic rings. The molecule has 90 valence electrons. The number of hydrogen-bond acceptors (Lipinski definition) is 4. The van der Waals surface area contributed by atoms with Crippen LogP contribution in [0.15, 0.2) is 36.5 Å². The van der Waals surface area contributed by atoms with Gasteiger partial charge in [-0.05, 0) is 11.4 Å². The molecule has 0 aliphatic carbocycles. The minimum Gasteiger partial charge on any atom is -0.304 e. The Morgan fingerprint density at radius 2 is 2.33 bits per heavy atom. The quantitative estimate of drug-likeness (QED) is 0.544. The first-order valence-electron chi connectivity index (χ1n) is 5.32. The SMILES string of the molecule is C=CCn1c(-c2cccs2)nc2c(Cl)ncnc21. The Morgan fingerprint density at radius 3 is 3.06 bits per heavy atom. The highest BCUT2D eigenvalue weighted by Gasteiger charge is 2.15. The summed E-state index contributed by atoms with van der Waals surface area (Å²) < 4.78 is 1.99. The maximum atomic E-state index is 6.05. The van der Waals surface area contributed by atoms with Crippen LogP contribution in [0.5, 0.6) is 0 Å². The Labute approximate surface area is 113 Å². The maximum absolute atomic E-state index is 6.05. The van der Waals surface area contributed by atoms with E-state index < -0.39 is 0 Å². The summed E-state index contributed by atoms with van der Waals surface area (Å²) in [4.78, 5) is 13.8. The van der Waals surface area contributed by atoms with Crippen molar-refractivity contribution in [2.45, 2.75) is 6.54 Å². The minimum atomic E-state index is 0.376. The van der Waals surface area contributed by atoms with Gasteiger partial charge < -0.3 is 4.57 Å². The molecule has 0 radical (unpaired) electrons. The van der Waals surface area contributed by atoms with Gasteiger partial charge in [0.15, 0.2) is 16.6 Å². The molecular weight excluding hydrogens is 268 g/mol. The van der Waals surface area contributed by atoms with Crippen molar-refractivity contribution in [3.05, 3.63) is 41.6 Å². The van der Waals surface area contributed by atoms with Crippen LogP contribution in [0.4, 0.5) is 0 Å². The van der Waals surface area contributed by atoms with E-state index in [0.717, 1.165) is 16.3 Å². The van der Waals surface area contributed by atoms with Crippen LogP contribution in [-0.4, -0.2) is 19.5 Å². The normalized spacial score (nSPS) is 10.9. The number of halogens is 1. The summed E-state index contributed by atoms with van der Waals surface area (Å²) in [6.07, 6.45) is 3.26. The van der Waals surface area contributed by atoms with Gasteiger partial charge in [-0.3, -0.25) is 0 Å². The van der Waals surface area contributed by atoms with Gasteiger partial charge in [0.2, 0.25) is 0 Å². The zero-order valence-electron chi connectivity index (χ0n) is 9.38. The third kappa shape index (κ3) is 1.72. The molecule has 0 fully saturated rings. The van der Waals surface area contributed by atoms with Crippen molar-refractivity contribution in [1.82, 2.24) is 19.5 Å². The highest BCUT2D eigenvalue weighted by molar-refractivity contribution is 7.13. The van der Waals surface area contributed by atoms with E-state index in [1.807, 2.05) is 28.2 Å². The zero-order valence-corrected chi connectivity index (χ0v) is 10.9. The van der Waals surface area contributed by atoms with E-state index >= 15 is 0 Å². The highest BCUT2D eigenvalue weighted by atomic mass is 35.5. The molecule has 3 heterocycles. The van der Waals surface area contributed by atoms with Crippen molar-refractivity contribution in [3.8, 4) is 10.7 Å². The number of nitrogens with zero attached hydrogens (tertiary/aromatic N) is 4. The third-order valence-corrected chi connectivity index (χ3v) is 3.68. The number of hydrogen-bond donors (Lipinski definition) is 0. The molecule has 0 saturated heterocycles. The molecule has 0 aliphatic heterocycles. The first kappa shape index (κ1) is 11.4. The Kier molecular flexibility index (Phi) is 2.85. The molecule has 0 aromatic carbocycles. The van der Waals surface area contributed by atoms with E-state index in [2.05, 4.69) is 21.5 Å². The number of aromatic nitrogens is 4. The molecule has 6 heteroatoms. The van der Waals surface area contributed by atoms with Crippen LogP contribution >= 0.6 is 22.9 Å². The first-order chi connectivity index (χ1) is 8.81. The minimum absolute atomic E-state index is 0.376. The molecule has 0 aliphatic rings. The van der Waals surface area contributed by atoms with Gasteiger partial charge >= 0.3 is 0 Å². The fraction of sp³-hybridized carbons (Fsp3) is 0.0833. The van der Waals surface area contributed by atoms with Crippen LogP contribution in [0.2, 0.25) is 5.15 Å². The lowest BCUT2D eigenvalue weighted by molar-refractivity contribution is 0.850. The van der Waals surface area contributed by atoms with E-state index in [1.165, 1.54) is 6.33 Å². The maximum Gasteiger partial charge on any atom is 0.165 e. The van der Waals surface area contributed by atoms with E-state index in [0.29, 0.717) is 17.2 Å². The van der Waals surface area contributed by atoms with E-state index in [4.69, 9.17) is 11.6 Å². The van der Waals surface area contributed by atoms with E-state index in [1.54, 1.807) is 11.3 Å². The van der Waals surface area contributed by atoms with Crippen molar-refractivity contribution in [3.63, 3.8) is 0 Å². The molecule has 0 saturated carbocycles. The average Bonchev–Trinajstić information content (AvgIpc) is 2.98. The smallest absolute Gasteiger partial charge is 0.165 e. The van der Waals surface area contributed by atoms with Crippen molar-refractivity contribution in [2.75, 3.05) is 0 Å². The molecule has 0 amide bonds. The van der Waals surface area contributed by atoms with Gasteiger partial charge in [0.25, 0.3) is 0 Å². The highest BCUT2D eigenvalue weighted by Crippen LogP contribution is 2.29. The molecule has 0 atom stereocenters. The van der Waals surface area contributed by atoms with Crippen molar-refractivity contribution < 1.29 is 0 Å². The van der Waals surface area contributed by atoms with E-state index in [9.17, 15) is 0 Å². The molecule has 0 N–H and O–H groups in total. The lowest BCUT2D eigenvalue weighted by atomic mass is 10.4. The Morgan fingerprint density at radius 1 is 1.44 bits per heavy atom. The topological polar surface area (TPSA) is 43.6 Å². The summed E-state index contributed by atoms with van der Waals surface area (Å²) in [5.41, 5.74) is 1.36. The number of thiophene rings is 1.